The molecule has 3 unspecified atom stereocenters. The van der Waals surface area contributed by atoms with Crippen LogP contribution in [0.2, 0.25) is 0 Å². The van der Waals surface area contributed by atoms with Crippen molar-refractivity contribution in [3.05, 3.63) is 59.7 Å². The molecule has 0 aromatic heterocycles. The highest BCUT2D eigenvalue weighted by atomic mass is 16.6. The van der Waals surface area contributed by atoms with Crippen molar-refractivity contribution in [2.75, 3.05) is 26.8 Å². The van der Waals surface area contributed by atoms with Crippen molar-refractivity contribution < 1.29 is 19.0 Å². The Balaban J connectivity index is 1.83. The van der Waals surface area contributed by atoms with Crippen LogP contribution in [0.4, 0.5) is 4.79 Å². The van der Waals surface area contributed by atoms with E-state index in [-0.39, 0.29) is 23.8 Å². The SMILES string of the molecule is COc1ccc(C2C(C)CN(C(=O)OC(C)(C)C)CC2COc2cccc(C#N)c2)cc1. The maximum absolute atomic E-state index is 12.8. The largest absolute Gasteiger partial charge is 0.497 e. The van der Waals surface area contributed by atoms with Gasteiger partial charge in [0.05, 0.1) is 25.3 Å². The van der Waals surface area contributed by atoms with Gasteiger partial charge in [-0.05, 0) is 68.5 Å². The second-order valence-corrected chi connectivity index (χ2v) is 9.37. The molecule has 3 rings (SSSR count). The van der Waals surface area contributed by atoms with Gasteiger partial charge in [0.2, 0.25) is 0 Å². The van der Waals surface area contributed by atoms with E-state index in [1.54, 1.807) is 24.1 Å². The van der Waals surface area contributed by atoms with E-state index in [1.807, 2.05) is 45.0 Å². The van der Waals surface area contributed by atoms with Gasteiger partial charge < -0.3 is 19.1 Å². The van der Waals surface area contributed by atoms with Gasteiger partial charge in [-0.1, -0.05) is 25.1 Å². The summed E-state index contributed by atoms with van der Waals surface area (Å²) in [7, 11) is 1.66. The third kappa shape index (κ3) is 5.94. The first-order valence-corrected chi connectivity index (χ1v) is 10.9. The van der Waals surface area contributed by atoms with E-state index >= 15 is 0 Å². The minimum absolute atomic E-state index is 0.0606. The molecular formula is C26H32N2O4. The summed E-state index contributed by atoms with van der Waals surface area (Å²) in [5.74, 6) is 1.95. The van der Waals surface area contributed by atoms with Crippen LogP contribution in [0.5, 0.6) is 11.5 Å². The van der Waals surface area contributed by atoms with E-state index in [0.29, 0.717) is 31.0 Å². The number of hydrogen-bond donors (Lipinski definition) is 0. The van der Waals surface area contributed by atoms with Crippen molar-refractivity contribution in [3.63, 3.8) is 0 Å². The summed E-state index contributed by atoms with van der Waals surface area (Å²) in [6, 6.07) is 17.4. The van der Waals surface area contributed by atoms with E-state index in [0.717, 1.165) is 5.75 Å². The van der Waals surface area contributed by atoms with Crippen LogP contribution in [-0.2, 0) is 4.74 Å². The fraction of sp³-hybridized carbons (Fsp3) is 0.462. The van der Waals surface area contributed by atoms with Crippen LogP contribution >= 0.6 is 0 Å². The molecule has 170 valence electrons. The monoisotopic (exact) mass is 436 g/mol. The maximum Gasteiger partial charge on any atom is 0.410 e. The lowest BCUT2D eigenvalue weighted by Crippen LogP contribution is -2.50. The summed E-state index contributed by atoms with van der Waals surface area (Å²) in [5.41, 5.74) is 1.21. The molecule has 1 amide bonds. The Bertz CT molecular complexity index is 959. The number of amides is 1. The van der Waals surface area contributed by atoms with Gasteiger partial charge in [0.1, 0.15) is 17.1 Å². The summed E-state index contributed by atoms with van der Waals surface area (Å²) in [6.07, 6.45) is -0.297. The number of nitrogens with zero attached hydrogens (tertiary/aromatic N) is 2. The molecule has 6 heteroatoms. The van der Waals surface area contributed by atoms with Crippen molar-refractivity contribution in [3.8, 4) is 17.6 Å². The van der Waals surface area contributed by atoms with Crippen LogP contribution < -0.4 is 9.47 Å². The molecule has 0 bridgehead atoms. The zero-order chi connectivity index (χ0) is 23.3. The van der Waals surface area contributed by atoms with Gasteiger partial charge in [0, 0.05) is 19.0 Å². The number of piperidine rings is 1. The Morgan fingerprint density at radius 1 is 1.12 bits per heavy atom. The van der Waals surface area contributed by atoms with Gasteiger partial charge in [-0.15, -0.1) is 0 Å². The molecule has 0 spiro atoms. The summed E-state index contributed by atoms with van der Waals surface area (Å²) in [5, 5.41) is 9.16. The number of likely N-dealkylation sites (tertiary alicyclic amines) is 1. The first kappa shape index (κ1) is 23.5. The fourth-order valence-corrected chi connectivity index (χ4v) is 4.31. The molecule has 0 aliphatic carbocycles. The molecule has 1 aliphatic rings. The minimum Gasteiger partial charge on any atom is -0.497 e. The second-order valence-electron chi connectivity index (χ2n) is 9.37. The van der Waals surface area contributed by atoms with E-state index in [1.165, 1.54) is 5.56 Å². The van der Waals surface area contributed by atoms with Gasteiger partial charge in [0.25, 0.3) is 0 Å². The van der Waals surface area contributed by atoms with Crippen molar-refractivity contribution in [2.45, 2.75) is 39.2 Å². The van der Waals surface area contributed by atoms with E-state index in [2.05, 4.69) is 25.1 Å². The highest BCUT2D eigenvalue weighted by Crippen LogP contribution is 2.38. The number of rotatable bonds is 5. The minimum atomic E-state index is -0.545. The standard InChI is InChI=1S/C26H32N2O4/c1-18-15-28(25(29)32-26(2,3)4)16-21(17-31-23-8-6-7-19(13-23)14-27)24(18)20-9-11-22(30-5)12-10-20/h6-13,18,21,24H,15-17H2,1-5H3. The molecule has 6 nitrogen and oxygen atoms in total. The average Bonchev–Trinajstić information content (AvgIpc) is 2.76. The quantitative estimate of drug-likeness (QED) is 0.642. The lowest BCUT2D eigenvalue weighted by molar-refractivity contribution is 0.00264. The molecule has 1 heterocycles. The van der Waals surface area contributed by atoms with Gasteiger partial charge in [-0.25, -0.2) is 4.79 Å². The molecule has 1 aliphatic heterocycles. The Kier molecular flexibility index (Phi) is 7.29. The molecule has 1 saturated heterocycles. The normalized spacial score (nSPS) is 20.9. The number of methoxy groups -OCH3 is 1. The van der Waals surface area contributed by atoms with Gasteiger partial charge in [-0.2, -0.15) is 5.26 Å². The molecular weight excluding hydrogens is 404 g/mol. The molecule has 2 aromatic carbocycles. The molecule has 0 radical (unpaired) electrons. The molecule has 0 N–H and O–H groups in total. The average molecular weight is 437 g/mol. The zero-order valence-corrected chi connectivity index (χ0v) is 19.5. The topological polar surface area (TPSA) is 71.8 Å². The van der Waals surface area contributed by atoms with Crippen LogP contribution in [0.3, 0.4) is 0 Å². The van der Waals surface area contributed by atoms with E-state index < -0.39 is 5.60 Å². The van der Waals surface area contributed by atoms with E-state index in [4.69, 9.17) is 19.5 Å². The van der Waals surface area contributed by atoms with Crippen LogP contribution in [0.1, 0.15) is 44.7 Å². The van der Waals surface area contributed by atoms with Gasteiger partial charge in [0.15, 0.2) is 0 Å². The number of carbonyl (C=O) groups is 1. The van der Waals surface area contributed by atoms with Gasteiger partial charge >= 0.3 is 6.09 Å². The second kappa shape index (κ2) is 9.95. The van der Waals surface area contributed by atoms with Crippen molar-refractivity contribution in [2.24, 2.45) is 11.8 Å². The molecule has 2 aromatic rings. The van der Waals surface area contributed by atoms with Crippen LogP contribution in [-0.4, -0.2) is 43.4 Å². The lowest BCUT2D eigenvalue weighted by Gasteiger charge is -2.43. The Hall–Kier alpha value is -3.20. The molecule has 32 heavy (non-hydrogen) atoms. The maximum atomic E-state index is 12.8. The summed E-state index contributed by atoms with van der Waals surface area (Å²) >= 11 is 0. The van der Waals surface area contributed by atoms with Gasteiger partial charge in [-0.3, -0.25) is 0 Å². The van der Waals surface area contributed by atoms with Crippen molar-refractivity contribution in [1.82, 2.24) is 4.90 Å². The summed E-state index contributed by atoms with van der Waals surface area (Å²) in [6.45, 7) is 9.37. The molecule has 0 saturated carbocycles. The molecule has 3 atom stereocenters. The third-order valence-electron chi connectivity index (χ3n) is 5.66. The smallest absolute Gasteiger partial charge is 0.410 e. The highest BCUT2D eigenvalue weighted by molar-refractivity contribution is 5.68. The first-order chi connectivity index (χ1) is 15.2. The Morgan fingerprint density at radius 2 is 1.84 bits per heavy atom. The fourth-order valence-electron chi connectivity index (χ4n) is 4.31. The molecule has 1 fully saturated rings. The van der Waals surface area contributed by atoms with Crippen LogP contribution in [0, 0.1) is 23.2 Å². The third-order valence-corrected chi connectivity index (χ3v) is 5.66. The predicted octanol–water partition coefficient (Wildman–Crippen LogP) is 5.23. The predicted molar refractivity (Wildman–Crippen MR) is 123 cm³/mol. The van der Waals surface area contributed by atoms with Crippen LogP contribution in [0.15, 0.2) is 48.5 Å². The Labute approximate surface area is 190 Å². The Morgan fingerprint density at radius 3 is 2.47 bits per heavy atom. The summed E-state index contributed by atoms with van der Waals surface area (Å²) in [4.78, 5) is 14.6. The number of nitriles is 1. The zero-order valence-electron chi connectivity index (χ0n) is 19.5. The van der Waals surface area contributed by atoms with Crippen LogP contribution in [0.25, 0.3) is 0 Å². The number of hydrogen-bond acceptors (Lipinski definition) is 5. The number of ether oxygens (including phenoxy) is 3. The lowest BCUT2D eigenvalue weighted by atomic mass is 9.74. The van der Waals surface area contributed by atoms with Crippen molar-refractivity contribution >= 4 is 6.09 Å². The van der Waals surface area contributed by atoms with E-state index in [9.17, 15) is 4.79 Å². The highest BCUT2D eigenvalue weighted by Gasteiger charge is 2.39. The summed E-state index contributed by atoms with van der Waals surface area (Å²) < 4.78 is 17.1. The van der Waals surface area contributed by atoms with Crippen molar-refractivity contribution in [1.29, 1.82) is 5.26 Å². The number of benzene rings is 2. The number of carbonyl (C=O) groups excluding carboxylic acids is 1. The first-order valence-electron chi connectivity index (χ1n) is 10.9.